The van der Waals surface area contributed by atoms with Crippen molar-refractivity contribution in [2.45, 2.75) is 20.8 Å². The summed E-state index contributed by atoms with van der Waals surface area (Å²) in [6, 6.07) is 7.86. The topological polar surface area (TPSA) is 50.7 Å². The lowest BCUT2D eigenvalue weighted by Crippen LogP contribution is -2.24. The first-order chi connectivity index (χ1) is 10.1. The summed E-state index contributed by atoms with van der Waals surface area (Å²) in [7, 11) is 0. The predicted molar refractivity (Wildman–Crippen MR) is 86.2 cm³/mol. The number of nitrogens with zero attached hydrogens (tertiary/aromatic N) is 1. The third kappa shape index (κ3) is 4.43. The van der Waals surface area contributed by atoms with E-state index >= 15 is 0 Å². The van der Waals surface area contributed by atoms with E-state index in [4.69, 9.17) is 4.74 Å². The Bertz CT molecular complexity index is 662. The number of amides is 1. The molecule has 0 aliphatic heterocycles. The van der Waals surface area contributed by atoms with Gasteiger partial charge in [-0.2, -0.15) is 5.10 Å². The highest BCUT2D eigenvalue weighted by molar-refractivity contribution is 7.11. The summed E-state index contributed by atoms with van der Waals surface area (Å²) < 4.78 is 5.48. The Balaban J connectivity index is 1.82. The number of carbonyl (C=O) groups is 1. The van der Waals surface area contributed by atoms with Gasteiger partial charge in [-0.1, -0.05) is 17.7 Å². The van der Waals surface area contributed by atoms with E-state index in [1.54, 1.807) is 17.6 Å². The molecule has 1 heterocycles. The van der Waals surface area contributed by atoms with Gasteiger partial charge in [-0.05, 0) is 49.4 Å². The molecule has 5 heteroatoms. The van der Waals surface area contributed by atoms with Crippen molar-refractivity contribution in [3.8, 4) is 5.75 Å². The van der Waals surface area contributed by atoms with Crippen LogP contribution in [0.15, 0.2) is 34.7 Å². The van der Waals surface area contributed by atoms with Gasteiger partial charge in [0.1, 0.15) is 5.75 Å². The second-order valence-electron chi connectivity index (χ2n) is 4.82. The van der Waals surface area contributed by atoms with Crippen molar-refractivity contribution >= 4 is 23.5 Å². The van der Waals surface area contributed by atoms with Crippen LogP contribution in [0.4, 0.5) is 0 Å². The smallest absolute Gasteiger partial charge is 0.277 e. The molecule has 1 amide bonds. The maximum Gasteiger partial charge on any atom is 0.277 e. The lowest BCUT2D eigenvalue weighted by Gasteiger charge is -2.08. The van der Waals surface area contributed by atoms with Gasteiger partial charge in [0.15, 0.2) is 6.61 Å². The number of benzene rings is 1. The number of carbonyl (C=O) groups excluding carboxylic acids is 1. The van der Waals surface area contributed by atoms with E-state index in [0.717, 1.165) is 16.0 Å². The summed E-state index contributed by atoms with van der Waals surface area (Å²) in [5.74, 6) is 0.439. The maximum atomic E-state index is 11.7. The molecule has 0 saturated carbocycles. The number of hydrogen-bond donors (Lipinski definition) is 1. The summed E-state index contributed by atoms with van der Waals surface area (Å²) in [5, 5.41) is 5.92. The molecule has 0 atom stereocenters. The quantitative estimate of drug-likeness (QED) is 0.681. The number of hydrogen-bond acceptors (Lipinski definition) is 4. The molecule has 1 aromatic carbocycles. The fraction of sp³-hybridized carbons (Fsp3) is 0.250. The van der Waals surface area contributed by atoms with Crippen LogP contribution in [0.25, 0.3) is 0 Å². The van der Waals surface area contributed by atoms with E-state index in [-0.39, 0.29) is 12.5 Å². The minimum absolute atomic E-state index is 0.0509. The summed E-state index contributed by atoms with van der Waals surface area (Å²) in [6.45, 7) is 5.93. The van der Waals surface area contributed by atoms with Crippen LogP contribution in [0, 0.1) is 20.8 Å². The number of hydrazone groups is 1. The van der Waals surface area contributed by atoms with E-state index in [9.17, 15) is 4.79 Å². The van der Waals surface area contributed by atoms with Gasteiger partial charge < -0.3 is 4.74 Å². The zero-order valence-electron chi connectivity index (χ0n) is 12.3. The molecule has 4 nitrogen and oxygen atoms in total. The van der Waals surface area contributed by atoms with Crippen molar-refractivity contribution in [2.24, 2.45) is 5.10 Å². The third-order valence-electron chi connectivity index (χ3n) is 2.96. The minimum atomic E-state index is -0.277. The fourth-order valence-electron chi connectivity index (χ4n) is 1.82. The van der Waals surface area contributed by atoms with Gasteiger partial charge in [0.05, 0.1) is 6.21 Å². The molecule has 0 fully saturated rings. The second-order valence-corrected chi connectivity index (χ2v) is 5.77. The van der Waals surface area contributed by atoms with E-state index in [0.29, 0.717) is 5.75 Å². The molecule has 2 rings (SSSR count). The van der Waals surface area contributed by atoms with Gasteiger partial charge >= 0.3 is 0 Å². The maximum absolute atomic E-state index is 11.7. The monoisotopic (exact) mass is 302 g/mol. The molecular formula is C16H18N2O2S. The number of thiophene rings is 1. The molecule has 0 radical (unpaired) electrons. The lowest BCUT2D eigenvalue weighted by molar-refractivity contribution is -0.123. The molecule has 0 aliphatic carbocycles. The van der Waals surface area contributed by atoms with E-state index in [1.165, 1.54) is 5.56 Å². The van der Waals surface area contributed by atoms with Gasteiger partial charge in [0.25, 0.3) is 5.91 Å². The standard InChI is InChI=1S/C16H18N2O2S/c1-11-4-5-14(13(3)8-11)20-10-16(19)18-17-9-15-12(2)6-7-21-15/h4-9H,10H2,1-3H3,(H,18,19)/b17-9-. The summed E-state index contributed by atoms with van der Waals surface area (Å²) in [4.78, 5) is 12.7. The van der Waals surface area contributed by atoms with Crippen LogP contribution >= 0.6 is 11.3 Å². The molecule has 2 aromatic rings. The Morgan fingerprint density at radius 3 is 2.76 bits per heavy atom. The highest BCUT2D eigenvalue weighted by Crippen LogP contribution is 2.18. The summed E-state index contributed by atoms with van der Waals surface area (Å²) in [5.41, 5.74) is 5.79. The first-order valence-corrected chi connectivity index (χ1v) is 7.50. The van der Waals surface area contributed by atoms with Gasteiger partial charge in [-0.25, -0.2) is 5.43 Å². The molecule has 1 N–H and O–H groups in total. The lowest BCUT2D eigenvalue weighted by atomic mass is 10.1. The zero-order chi connectivity index (χ0) is 15.2. The Kier molecular flexibility index (Phi) is 5.11. The van der Waals surface area contributed by atoms with Crippen molar-refractivity contribution < 1.29 is 9.53 Å². The molecule has 0 unspecified atom stereocenters. The van der Waals surface area contributed by atoms with Crippen molar-refractivity contribution in [1.82, 2.24) is 5.43 Å². The normalized spacial score (nSPS) is 10.8. The fourth-order valence-corrected chi connectivity index (χ4v) is 2.60. The summed E-state index contributed by atoms with van der Waals surface area (Å²) >= 11 is 1.58. The Morgan fingerprint density at radius 1 is 1.29 bits per heavy atom. The molecule has 0 saturated heterocycles. The van der Waals surface area contributed by atoms with Crippen LogP contribution in [0.3, 0.4) is 0 Å². The molecule has 1 aromatic heterocycles. The Hall–Kier alpha value is -2.14. The first kappa shape index (κ1) is 15.3. The van der Waals surface area contributed by atoms with Gasteiger partial charge in [-0.15, -0.1) is 11.3 Å². The number of nitrogens with one attached hydrogen (secondary N) is 1. The van der Waals surface area contributed by atoms with Crippen LogP contribution in [0.2, 0.25) is 0 Å². The highest BCUT2D eigenvalue weighted by Gasteiger charge is 2.04. The molecule has 110 valence electrons. The van der Waals surface area contributed by atoms with E-state index in [1.807, 2.05) is 50.4 Å². The largest absolute Gasteiger partial charge is 0.483 e. The molecule has 0 bridgehead atoms. The average Bonchev–Trinajstić information content (AvgIpc) is 2.83. The number of rotatable bonds is 5. The van der Waals surface area contributed by atoms with Crippen LogP contribution in [-0.4, -0.2) is 18.7 Å². The minimum Gasteiger partial charge on any atom is -0.483 e. The van der Waals surface area contributed by atoms with Gasteiger partial charge in [-0.3, -0.25) is 4.79 Å². The molecule has 0 aliphatic rings. The molecular weight excluding hydrogens is 284 g/mol. The first-order valence-electron chi connectivity index (χ1n) is 6.62. The van der Waals surface area contributed by atoms with Gasteiger partial charge in [0, 0.05) is 4.88 Å². The number of aryl methyl sites for hydroxylation is 3. The average molecular weight is 302 g/mol. The van der Waals surface area contributed by atoms with E-state index in [2.05, 4.69) is 10.5 Å². The van der Waals surface area contributed by atoms with E-state index < -0.39 is 0 Å². The van der Waals surface area contributed by atoms with Crippen molar-refractivity contribution in [3.05, 3.63) is 51.2 Å². The highest BCUT2D eigenvalue weighted by atomic mass is 32.1. The van der Waals surface area contributed by atoms with Crippen molar-refractivity contribution in [3.63, 3.8) is 0 Å². The zero-order valence-corrected chi connectivity index (χ0v) is 13.2. The van der Waals surface area contributed by atoms with Crippen LogP contribution < -0.4 is 10.2 Å². The number of ether oxygens (including phenoxy) is 1. The van der Waals surface area contributed by atoms with Crippen LogP contribution in [-0.2, 0) is 4.79 Å². The second kappa shape index (κ2) is 7.04. The molecule has 21 heavy (non-hydrogen) atoms. The van der Waals surface area contributed by atoms with Crippen LogP contribution in [0.1, 0.15) is 21.6 Å². The Morgan fingerprint density at radius 2 is 2.10 bits per heavy atom. The third-order valence-corrected chi connectivity index (χ3v) is 3.92. The predicted octanol–water partition coefficient (Wildman–Crippen LogP) is 3.20. The van der Waals surface area contributed by atoms with Crippen molar-refractivity contribution in [1.29, 1.82) is 0 Å². The Labute approximate surface area is 128 Å². The van der Waals surface area contributed by atoms with Crippen molar-refractivity contribution in [2.75, 3.05) is 6.61 Å². The SMILES string of the molecule is Cc1ccc(OCC(=O)N/N=C\c2sccc2C)c(C)c1. The molecule has 0 spiro atoms. The van der Waals surface area contributed by atoms with Crippen LogP contribution in [0.5, 0.6) is 5.75 Å². The van der Waals surface area contributed by atoms with Gasteiger partial charge in [0.2, 0.25) is 0 Å². The summed E-state index contributed by atoms with van der Waals surface area (Å²) in [6.07, 6.45) is 1.65.